The van der Waals surface area contributed by atoms with Crippen molar-refractivity contribution in [3.8, 4) is 0 Å². The standard InChI is InChI=1S/C30H31ClN6O6S/c31-24-9-3-20(4-10-24)14-16-44(42,43)36-15-13-26(19-36)37(29(41)23-7-11-25(12-8-23)35-30(32)33)18-21-1-5-22(6-2-21)28(40)34-17-27(38)39/h1-12,14,16,26H,13,15,17-19H2,(H,34,40)(H,38,39)(H4,32,33,35)/b16-14+. The van der Waals surface area contributed by atoms with Crippen LogP contribution in [-0.4, -0.2) is 72.1 Å². The Kier molecular flexibility index (Phi) is 10.4. The molecule has 1 saturated heterocycles. The normalized spacial score (nSPS) is 15.2. The van der Waals surface area contributed by atoms with Gasteiger partial charge in [-0.2, -0.15) is 4.31 Å². The lowest BCUT2D eigenvalue weighted by molar-refractivity contribution is -0.135. The van der Waals surface area contributed by atoms with Crippen LogP contribution in [0.25, 0.3) is 6.08 Å². The number of halogens is 1. The van der Waals surface area contributed by atoms with Crippen molar-refractivity contribution in [2.45, 2.75) is 19.0 Å². The van der Waals surface area contributed by atoms with E-state index in [9.17, 15) is 22.8 Å². The molecule has 4 rings (SSSR count). The molecule has 1 aliphatic rings. The van der Waals surface area contributed by atoms with Gasteiger partial charge in [0.1, 0.15) is 6.54 Å². The van der Waals surface area contributed by atoms with Gasteiger partial charge in [-0.3, -0.25) is 14.4 Å². The van der Waals surface area contributed by atoms with Crippen LogP contribution in [0.4, 0.5) is 5.69 Å². The molecule has 1 heterocycles. The lowest BCUT2D eigenvalue weighted by atomic mass is 10.1. The van der Waals surface area contributed by atoms with Gasteiger partial charge in [0.15, 0.2) is 5.96 Å². The van der Waals surface area contributed by atoms with Gasteiger partial charge in [0.25, 0.3) is 11.8 Å². The molecule has 0 radical (unpaired) electrons. The van der Waals surface area contributed by atoms with Gasteiger partial charge >= 0.3 is 5.97 Å². The van der Waals surface area contributed by atoms with E-state index in [2.05, 4.69) is 10.3 Å². The average Bonchev–Trinajstić information content (AvgIpc) is 3.50. The van der Waals surface area contributed by atoms with E-state index < -0.39 is 34.5 Å². The Bertz CT molecular complexity index is 1670. The molecule has 1 fully saturated rings. The molecule has 14 heteroatoms. The number of hydrogen-bond acceptors (Lipinski definition) is 6. The van der Waals surface area contributed by atoms with Crippen molar-refractivity contribution in [2.24, 2.45) is 16.5 Å². The molecule has 1 aliphatic heterocycles. The Balaban J connectivity index is 1.55. The smallest absolute Gasteiger partial charge is 0.322 e. The molecular formula is C30H31ClN6O6S. The largest absolute Gasteiger partial charge is 0.480 e. The molecule has 12 nitrogen and oxygen atoms in total. The first-order chi connectivity index (χ1) is 20.9. The lowest BCUT2D eigenvalue weighted by Crippen LogP contribution is -2.42. The summed E-state index contributed by atoms with van der Waals surface area (Å²) >= 11 is 5.92. The summed E-state index contributed by atoms with van der Waals surface area (Å²) in [4.78, 5) is 42.4. The molecule has 0 aliphatic carbocycles. The summed E-state index contributed by atoms with van der Waals surface area (Å²) < 4.78 is 27.7. The molecule has 2 amide bonds. The van der Waals surface area contributed by atoms with E-state index >= 15 is 0 Å². The molecule has 44 heavy (non-hydrogen) atoms. The van der Waals surface area contributed by atoms with Crippen molar-refractivity contribution in [2.75, 3.05) is 19.6 Å². The number of sulfonamides is 1. The number of rotatable bonds is 11. The van der Waals surface area contributed by atoms with Crippen LogP contribution in [0.15, 0.2) is 83.2 Å². The van der Waals surface area contributed by atoms with Crippen LogP contribution < -0.4 is 16.8 Å². The van der Waals surface area contributed by atoms with Crippen LogP contribution in [0.2, 0.25) is 5.02 Å². The summed E-state index contributed by atoms with van der Waals surface area (Å²) in [5, 5.41) is 12.8. The highest BCUT2D eigenvalue weighted by Crippen LogP contribution is 2.25. The van der Waals surface area contributed by atoms with E-state index in [0.717, 1.165) is 5.41 Å². The summed E-state index contributed by atoms with van der Waals surface area (Å²) in [6.45, 7) is -0.0832. The number of nitrogens with two attached hydrogens (primary N) is 2. The van der Waals surface area contributed by atoms with Crippen LogP contribution in [-0.2, 0) is 21.4 Å². The Morgan fingerprint density at radius 2 is 1.64 bits per heavy atom. The molecule has 1 unspecified atom stereocenters. The van der Waals surface area contributed by atoms with E-state index in [1.165, 1.54) is 22.5 Å². The van der Waals surface area contributed by atoms with Gasteiger partial charge < -0.3 is 26.8 Å². The topological polar surface area (TPSA) is 188 Å². The highest BCUT2D eigenvalue weighted by molar-refractivity contribution is 7.92. The minimum absolute atomic E-state index is 0.0841. The third-order valence-corrected chi connectivity index (χ3v) is 8.62. The number of aliphatic imine (C=N–C) groups is 1. The fourth-order valence-electron chi connectivity index (χ4n) is 4.60. The van der Waals surface area contributed by atoms with Gasteiger partial charge in [0.05, 0.1) is 5.69 Å². The minimum Gasteiger partial charge on any atom is -0.480 e. The SMILES string of the molecule is NC(N)=Nc1ccc(C(=O)N(Cc2ccc(C(=O)NCC(=O)O)cc2)C2CCN(S(=O)(=O)/C=C/c3ccc(Cl)cc3)C2)cc1. The van der Waals surface area contributed by atoms with Gasteiger partial charge in [-0.05, 0) is 72.2 Å². The molecule has 3 aromatic rings. The first-order valence-electron chi connectivity index (χ1n) is 13.4. The Labute approximate surface area is 259 Å². The maximum atomic E-state index is 13.8. The summed E-state index contributed by atoms with van der Waals surface area (Å²) in [5.41, 5.74) is 13.3. The fourth-order valence-corrected chi connectivity index (χ4v) is 5.96. The summed E-state index contributed by atoms with van der Waals surface area (Å²) in [7, 11) is -3.78. The molecule has 6 N–H and O–H groups in total. The Morgan fingerprint density at radius 1 is 1.00 bits per heavy atom. The molecule has 0 aromatic heterocycles. The fraction of sp³-hybridized carbons (Fsp3) is 0.200. The Morgan fingerprint density at radius 3 is 2.25 bits per heavy atom. The molecule has 230 valence electrons. The number of nitrogens with one attached hydrogen (secondary N) is 1. The highest BCUT2D eigenvalue weighted by Gasteiger charge is 2.35. The van der Waals surface area contributed by atoms with Gasteiger partial charge in [0.2, 0.25) is 10.0 Å². The number of benzene rings is 3. The third kappa shape index (κ3) is 8.66. The van der Waals surface area contributed by atoms with E-state index in [1.54, 1.807) is 65.6 Å². The predicted octanol–water partition coefficient (Wildman–Crippen LogP) is 2.78. The Hall–Kier alpha value is -4.72. The maximum Gasteiger partial charge on any atom is 0.322 e. The zero-order valence-corrected chi connectivity index (χ0v) is 25.0. The van der Waals surface area contributed by atoms with Gasteiger partial charge in [0, 0.05) is 47.2 Å². The van der Waals surface area contributed by atoms with Crippen molar-refractivity contribution in [3.05, 3.63) is 105 Å². The molecular weight excluding hydrogens is 608 g/mol. The van der Waals surface area contributed by atoms with Crippen LogP contribution in [0.3, 0.4) is 0 Å². The second kappa shape index (κ2) is 14.2. The number of carboxylic acid groups (broad SMARTS) is 1. The monoisotopic (exact) mass is 638 g/mol. The number of carbonyl (C=O) groups excluding carboxylic acids is 2. The maximum absolute atomic E-state index is 13.8. The zero-order valence-electron chi connectivity index (χ0n) is 23.5. The van der Waals surface area contributed by atoms with Crippen LogP contribution in [0.1, 0.15) is 38.3 Å². The average molecular weight is 639 g/mol. The quantitative estimate of drug-likeness (QED) is 0.182. The van der Waals surface area contributed by atoms with E-state index in [4.69, 9.17) is 28.2 Å². The first-order valence-corrected chi connectivity index (χ1v) is 15.3. The molecule has 0 spiro atoms. The molecule has 3 aromatic carbocycles. The molecule has 1 atom stereocenters. The number of guanidine groups is 1. The van der Waals surface area contributed by atoms with Crippen molar-refractivity contribution < 1.29 is 27.9 Å². The lowest BCUT2D eigenvalue weighted by Gasteiger charge is -2.29. The number of hydrogen-bond donors (Lipinski definition) is 4. The number of amides is 2. The molecule has 0 bridgehead atoms. The highest BCUT2D eigenvalue weighted by atomic mass is 35.5. The zero-order chi connectivity index (χ0) is 31.9. The van der Waals surface area contributed by atoms with E-state index in [-0.39, 0.29) is 37.1 Å². The van der Waals surface area contributed by atoms with Crippen molar-refractivity contribution in [1.82, 2.24) is 14.5 Å². The van der Waals surface area contributed by atoms with E-state index in [0.29, 0.717) is 33.8 Å². The number of carboxylic acids is 1. The summed E-state index contributed by atoms with van der Waals surface area (Å²) in [6.07, 6.45) is 1.90. The summed E-state index contributed by atoms with van der Waals surface area (Å²) in [6, 6.07) is 19.1. The summed E-state index contributed by atoms with van der Waals surface area (Å²) in [5.74, 6) is -2.16. The predicted molar refractivity (Wildman–Crippen MR) is 168 cm³/mol. The minimum atomic E-state index is -3.78. The van der Waals surface area contributed by atoms with Gasteiger partial charge in [-0.1, -0.05) is 35.9 Å². The first kappa shape index (κ1) is 32.2. The number of aliphatic carboxylic acids is 1. The third-order valence-electron chi connectivity index (χ3n) is 6.83. The van der Waals surface area contributed by atoms with Gasteiger partial charge in [-0.25, -0.2) is 13.4 Å². The van der Waals surface area contributed by atoms with E-state index in [1.807, 2.05) is 0 Å². The van der Waals surface area contributed by atoms with Gasteiger partial charge in [-0.15, -0.1) is 0 Å². The second-order valence-corrected chi connectivity index (χ2v) is 12.2. The second-order valence-electron chi connectivity index (χ2n) is 9.99. The van der Waals surface area contributed by atoms with Crippen molar-refractivity contribution >= 4 is 57.1 Å². The van der Waals surface area contributed by atoms with Crippen molar-refractivity contribution in [1.29, 1.82) is 0 Å². The number of nitrogens with zero attached hydrogens (tertiary/aromatic N) is 3. The molecule has 0 saturated carbocycles. The number of carbonyl (C=O) groups is 3. The van der Waals surface area contributed by atoms with Crippen LogP contribution >= 0.6 is 11.6 Å². The van der Waals surface area contributed by atoms with Crippen LogP contribution in [0.5, 0.6) is 0 Å². The van der Waals surface area contributed by atoms with Crippen LogP contribution in [0, 0.1) is 0 Å². The van der Waals surface area contributed by atoms with Crippen molar-refractivity contribution in [3.63, 3.8) is 0 Å².